The number of piperazine rings is 1. The molecule has 1 saturated heterocycles. The van der Waals surface area contributed by atoms with Gasteiger partial charge in [-0.1, -0.05) is 19.8 Å². The Hall–Kier alpha value is -0.0800. The number of rotatable bonds is 2. The summed E-state index contributed by atoms with van der Waals surface area (Å²) < 4.78 is 0. The molecule has 0 aromatic heterocycles. The first kappa shape index (κ1) is 12.0. The summed E-state index contributed by atoms with van der Waals surface area (Å²) in [6.07, 6.45) is 8.73. The van der Waals surface area contributed by atoms with E-state index in [0.717, 1.165) is 17.9 Å². The molecular weight excluding hydrogens is 208 g/mol. The molecule has 0 spiro atoms. The van der Waals surface area contributed by atoms with Gasteiger partial charge in [-0.2, -0.15) is 0 Å². The van der Waals surface area contributed by atoms with Crippen molar-refractivity contribution in [3.8, 4) is 0 Å². The maximum Gasteiger partial charge on any atom is 0.0309 e. The summed E-state index contributed by atoms with van der Waals surface area (Å²) in [7, 11) is 0. The van der Waals surface area contributed by atoms with Gasteiger partial charge < -0.3 is 5.32 Å². The van der Waals surface area contributed by atoms with Crippen molar-refractivity contribution in [2.45, 2.75) is 64.0 Å². The summed E-state index contributed by atoms with van der Waals surface area (Å²) >= 11 is 0. The Morgan fingerprint density at radius 1 is 1.12 bits per heavy atom. The van der Waals surface area contributed by atoms with Crippen LogP contribution >= 0.6 is 0 Å². The van der Waals surface area contributed by atoms with Crippen LogP contribution in [0.15, 0.2) is 0 Å². The second-order valence-corrected chi connectivity index (χ2v) is 6.92. The summed E-state index contributed by atoms with van der Waals surface area (Å²) in [6, 6.07) is 0.879. The number of hydrogen-bond acceptors (Lipinski definition) is 2. The predicted molar refractivity (Wildman–Crippen MR) is 72.1 cm³/mol. The fourth-order valence-corrected chi connectivity index (χ4v) is 4.16. The third kappa shape index (κ3) is 2.39. The first-order valence-corrected chi connectivity index (χ1v) is 7.68. The van der Waals surface area contributed by atoms with Crippen molar-refractivity contribution >= 4 is 0 Å². The lowest BCUT2D eigenvalue weighted by molar-refractivity contribution is 0.0466. The number of nitrogens with zero attached hydrogens (tertiary/aromatic N) is 1. The van der Waals surface area contributed by atoms with Crippen LogP contribution in [0.2, 0.25) is 0 Å². The zero-order valence-corrected chi connectivity index (χ0v) is 11.5. The fraction of sp³-hybridized carbons (Fsp3) is 1.00. The smallest absolute Gasteiger partial charge is 0.0309 e. The van der Waals surface area contributed by atoms with Crippen LogP contribution in [0.4, 0.5) is 0 Å². The predicted octanol–water partition coefficient (Wildman–Crippen LogP) is 2.64. The highest BCUT2D eigenvalue weighted by Crippen LogP contribution is 2.42. The highest BCUT2D eigenvalue weighted by molar-refractivity contribution is 5.03. The molecule has 1 heterocycles. The Morgan fingerprint density at radius 3 is 2.59 bits per heavy atom. The second-order valence-electron chi connectivity index (χ2n) is 6.92. The lowest BCUT2D eigenvalue weighted by Gasteiger charge is -2.48. The first-order valence-electron chi connectivity index (χ1n) is 7.68. The lowest BCUT2D eigenvalue weighted by Crippen LogP contribution is -2.63. The summed E-state index contributed by atoms with van der Waals surface area (Å²) in [5.74, 6) is 1.88. The lowest BCUT2D eigenvalue weighted by atomic mass is 9.83. The van der Waals surface area contributed by atoms with E-state index in [1.807, 2.05) is 0 Å². The maximum absolute atomic E-state index is 3.80. The molecule has 0 radical (unpaired) electrons. The molecular formula is C15H28N2. The molecule has 2 heteroatoms. The van der Waals surface area contributed by atoms with Crippen molar-refractivity contribution in [3.63, 3.8) is 0 Å². The first-order chi connectivity index (χ1) is 8.19. The molecule has 1 aliphatic heterocycles. The molecule has 2 nitrogen and oxygen atoms in total. The summed E-state index contributed by atoms with van der Waals surface area (Å²) in [4.78, 5) is 2.82. The van der Waals surface area contributed by atoms with Gasteiger partial charge in [-0.3, -0.25) is 4.90 Å². The Kier molecular flexibility index (Phi) is 3.20. The van der Waals surface area contributed by atoms with Crippen molar-refractivity contribution < 1.29 is 0 Å². The van der Waals surface area contributed by atoms with Crippen molar-refractivity contribution in [1.29, 1.82) is 0 Å². The van der Waals surface area contributed by atoms with E-state index in [2.05, 4.69) is 24.1 Å². The van der Waals surface area contributed by atoms with Gasteiger partial charge in [0.05, 0.1) is 0 Å². The van der Waals surface area contributed by atoms with Gasteiger partial charge in [-0.05, 0) is 44.4 Å². The Balaban J connectivity index is 1.66. The minimum atomic E-state index is 0.426. The van der Waals surface area contributed by atoms with E-state index in [9.17, 15) is 0 Å². The van der Waals surface area contributed by atoms with E-state index in [0.29, 0.717) is 5.54 Å². The van der Waals surface area contributed by atoms with Crippen LogP contribution in [0.1, 0.15) is 52.4 Å². The van der Waals surface area contributed by atoms with Crippen molar-refractivity contribution in [2.24, 2.45) is 11.8 Å². The monoisotopic (exact) mass is 236 g/mol. The van der Waals surface area contributed by atoms with Gasteiger partial charge in [0.15, 0.2) is 0 Å². The van der Waals surface area contributed by atoms with Crippen molar-refractivity contribution in [3.05, 3.63) is 0 Å². The molecule has 3 rings (SSSR count). The highest BCUT2D eigenvalue weighted by atomic mass is 15.2. The minimum Gasteiger partial charge on any atom is -0.309 e. The molecule has 3 aliphatic rings. The van der Waals surface area contributed by atoms with Gasteiger partial charge >= 0.3 is 0 Å². The normalized spacial score (nSPS) is 44.8. The molecule has 17 heavy (non-hydrogen) atoms. The molecule has 0 amide bonds. The van der Waals surface area contributed by atoms with E-state index >= 15 is 0 Å². The van der Waals surface area contributed by atoms with Crippen molar-refractivity contribution in [1.82, 2.24) is 10.2 Å². The van der Waals surface area contributed by atoms with E-state index in [1.54, 1.807) is 0 Å². The zero-order chi connectivity index (χ0) is 11.9. The van der Waals surface area contributed by atoms with E-state index in [1.165, 1.54) is 58.2 Å². The molecule has 3 fully saturated rings. The van der Waals surface area contributed by atoms with E-state index in [4.69, 9.17) is 0 Å². The van der Waals surface area contributed by atoms with Gasteiger partial charge in [-0.15, -0.1) is 0 Å². The SMILES string of the molecule is CC1CCCCC1N1CCNC(C)(C2CC2)C1. The highest BCUT2D eigenvalue weighted by Gasteiger charge is 2.45. The Bertz CT molecular complexity index is 274. The maximum atomic E-state index is 3.80. The summed E-state index contributed by atoms with van der Waals surface area (Å²) in [6.45, 7) is 8.71. The molecule has 0 aromatic carbocycles. The van der Waals surface area contributed by atoms with Gasteiger partial charge in [0.25, 0.3) is 0 Å². The average Bonchev–Trinajstić information content (AvgIpc) is 3.14. The van der Waals surface area contributed by atoms with Crippen LogP contribution in [-0.2, 0) is 0 Å². The van der Waals surface area contributed by atoms with Gasteiger partial charge in [-0.25, -0.2) is 0 Å². The minimum absolute atomic E-state index is 0.426. The van der Waals surface area contributed by atoms with Gasteiger partial charge in [0.2, 0.25) is 0 Å². The molecule has 0 bridgehead atoms. The van der Waals surface area contributed by atoms with Crippen LogP contribution in [0.3, 0.4) is 0 Å². The molecule has 2 aliphatic carbocycles. The molecule has 2 saturated carbocycles. The molecule has 3 atom stereocenters. The van der Waals surface area contributed by atoms with Crippen molar-refractivity contribution in [2.75, 3.05) is 19.6 Å². The second kappa shape index (κ2) is 4.55. The average molecular weight is 236 g/mol. The Morgan fingerprint density at radius 2 is 1.88 bits per heavy atom. The fourth-order valence-electron chi connectivity index (χ4n) is 4.16. The van der Waals surface area contributed by atoms with Crippen LogP contribution < -0.4 is 5.32 Å². The molecule has 1 N–H and O–H groups in total. The van der Waals surface area contributed by atoms with E-state index in [-0.39, 0.29) is 0 Å². The number of nitrogens with one attached hydrogen (secondary N) is 1. The number of hydrogen-bond donors (Lipinski definition) is 1. The quantitative estimate of drug-likeness (QED) is 0.793. The van der Waals surface area contributed by atoms with Crippen LogP contribution in [0, 0.1) is 11.8 Å². The molecule has 98 valence electrons. The summed E-state index contributed by atoms with van der Waals surface area (Å²) in [5, 5.41) is 3.80. The van der Waals surface area contributed by atoms with Crippen LogP contribution in [-0.4, -0.2) is 36.1 Å². The van der Waals surface area contributed by atoms with E-state index < -0.39 is 0 Å². The Labute approximate surface area is 106 Å². The largest absolute Gasteiger partial charge is 0.309 e. The summed E-state index contributed by atoms with van der Waals surface area (Å²) in [5.41, 5.74) is 0.426. The van der Waals surface area contributed by atoms with Gasteiger partial charge in [0.1, 0.15) is 0 Å². The van der Waals surface area contributed by atoms with Gasteiger partial charge in [0, 0.05) is 31.2 Å². The van der Waals surface area contributed by atoms with Crippen LogP contribution in [0.5, 0.6) is 0 Å². The zero-order valence-electron chi connectivity index (χ0n) is 11.5. The molecule has 0 aromatic rings. The third-order valence-corrected chi connectivity index (χ3v) is 5.47. The standard InChI is InChI=1S/C15H28N2/c1-12-5-3-4-6-14(12)17-10-9-16-15(2,11-17)13-7-8-13/h12-14,16H,3-11H2,1-2H3. The third-order valence-electron chi connectivity index (χ3n) is 5.47. The topological polar surface area (TPSA) is 15.3 Å². The van der Waals surface area contributed by atoms with Crippen LogP contribution in [0.25, 0.3) is 0 Å². The molecule has 3 unspecified atom stereocenters.